The van der Waals surface area contributed by atoms with Gasteiger partial charge in [-0.25, -0.2) is 63.6 Å². The van der Waals surface area contributed by atoms with E-state index in [-0.39, 0.29) is 18.7 Å². The average Bonchev–Trinajstić information content (AvgIpc) is 1.26. The summed E-state index contributed by atoms with van der Waals surface area (Å²) >= 11 is 18.5. The number of nitrogens with two attached hydrogens (primary N) is 2. The topological polar surface area (TPSA) is 460 Å². The van der Waals surface area contributed by atoms with E-state index in [0.717, 1.165) is 166 Å². The minimum Gasteiger partial charge on any atom is -0.397 e. The van der Waals surface area contributed by atoms with Crippen LogP contribution >= 0.6 is 34.8 Å². The number of benzene rings is 4. The number of para-hydroxylation sites is 8. The Morgan fingerprint density at radius 3 is 1.13 bits per heavy atom. The molecule has 137 heavy (non-hydrogen) atoms. The Kier molecular flexibility index (Phi) is 33.0. The summed E-state index contributed by atoms with van der Waals surface area (Å²) < 4.78 is 124. The average molecular weight is 2000 g/mol. The third-order valence-corrected chi connectivity index (χ3v) is 28.1. The van der Waals surface area contributed by atoms with E-state index in [9.17, 15) is 33.7 Å². The number of nitrogens with zero attached hydrogens (tertiary/aromatic N) is 21. The second kappa shape index (κ2) is 44.3. The number of imidazole rings is 3. The first kappa shape index (κ1) is 102. The third kappa shape index (κ3) is 25.9. The van der Waals surface area contributed by atoms with Gasteiger partial charge in [-0.3, -0.25) is 40.9 Å². The molecule has 14 heterocycles. The molecule has 0 amide bonds. The molecule has 0 bridgehead atoms. The molecule has 724 valence electrons. The molecular formula is C93H111Cl3N26O11S4. The lowest BCUT2D eigenvalue weighted by atomic mass is 10.1. The van der Waals surface area contributed by atoms with Crippen LogP contribution in [0.3, 0.4) is 0 Å². The van der Waals surface area contributed by atoms with Crippen molar-refractivity contribution in [2.75, 3.05) is 118 Å². The van der Waals surface area contributed by atoms with Crippen molar-refractivity contribution in [2.45, 2.75) is 144 Å². The highest BCUT2D eigenvalue weighted by molar-refractivity contribution is 7.92. The summed E-state index contributed by atoms with van der Waals surface area (Å²) in [6, 6.07) is 47.1. The van der Waals surface area contributed by atoms with Gasteiger partial charge in [0.25, 0.3) is 0 Å². The molecule has 4 aromatic carbocycles. The molecule has 4 aliphatic rings. The number of anilines is 12. The SMILES string of the molecule is CC1=Nc2c(Nc3ccccc3N(C)S(C)(=O)=O)cc(Cc3ccc(C)nn3)nc2C1.CN(c1ccccc1N)S(C)(=O)=O.Cc1ccc(Cc2cc(Nc3ccccc3N(C)S(C)(=O)=O)c3nc(C)n(C4CCCCO4)c3n2)nn1.Cc1ccc(N)nn1.Cc1nc2c(Cl)cc(Cl)nc2n1C1CCCCO1.Cc1nc2c(Nc3ccccc3N(C)S(C)(=O)=O)cc(Cl)nc2n1C1CCCCO1. The van der Waals surface area contributed by atoms with Gasteiger partial charge in [-0.05, 0) is 209 Å². The lowest BCUT2D eigenvalue weighted by Gasteiger charge is -2.25. The van der Waals surface area contributed by atoms with E-state index in [1.165, 1.54) is 52.8 Å². The van der Waals surface area contributed by atoms with Crippen LogP contribution in [0.15, 0.2) is 163 Å². The lowest BCUT2D eigenvalue weighted by Crippen LogP contribution is -2.25. The quantitative estimate of drug-likeness (QED) is 0.0329. The molecule has 10 aromatic heterocycles. The fourth-order valence-electron chi connectivity index (χ4n) is 15.4. The molecule has 0 spiro atoms. The molecule has 3 atom stereocenters. The Labute approximate surface area is 812 Å². The van der Waals surface area contributed by atoms with Gasteiger partial charge >= 0.3 is 0 Å². The number of hydrogen-bond acceptors (Lipinski definition) is 30. The largest absolute Gasteiger partial charge is 0.397 e. The van der Waals surface area contributed by atoms with E-state index < -0.39 is 40.1 Å². The summed E-state index contributed by atoms with van der Waals surface area (Å²) in [7, 11) is -7.43. The van der Waals surface area contributed by atoms with Gasteiger partial charge in [0.2, 0.25) is 40.1 Å². The molecule has 0 saturated carbocycles. The molecule has 18 rings (SSSR count). The van der Waals surface area contributed by atoms with Crippen molar-refractivity contribution in [1.82, 2.24) is 79.2 Å². The molecule has 37 nitrogen and oxygen atoms in total. The van der Waals surface area contributed by atoms with Gasteiger partial charge < -0.3 is 41.6 Å². The number of aliphatic imine (C=N–C) groups is 1. The van der Waals surface area contributed by atoms with E-state index >= 15 is 0 Å². The van der Waals surface area contributed by atoms with Gasteiger partial charge in [0.05, 0.1) is 132 Å². The van der Waals surface area contributed by atoms with Crippen LogP contribution < -0.4 is 44.6 Å². The first-order valence-corrected chi connectivity index (χ1v) is 52.5. The third-order valence-electron chi connectivity index (χ3n) is 22.6. The fraction of sp³-hybridized carbons (Fsp3) is 0.355. The summed E-state index contributed by atoms with van der Waals surface area (Å²) in [5, 5.41) is 35.6. The number of pyridine rings is 4. The van der Waals surface area contributed by atoms with E-state index in [2.05, 4.69) is 71.1 Å². The molecule has 3 fully saturated rings. The summed E-state index contributed by atoms with van der Waals surface area (Å²) in [4.78, 5) is 37.3. The zero-order valence-electron chi connectivity index (χ0n) is 78.7. The predicted octanol–water partition coefficient (Wildman–Crippen LogP) is 16.8. The zero-order valence-corrected chi connectivity index (χ0v) is 84.2. The van der Waals surface area contributed by atoms with Crippen LogP contribution in [0.2, 0.25) is 15.3 Å². The highest BCUT2D eigenvalue weighted by Gasteiger charge is 2.30. The Hall–Kier alpha value is -12.5. The maximum atomic E-state index is 12.3. The Morgan fingerprint density at radius 2 is 0.737 bits per heavy atom. The minimum atomic E-state index is -3.45. The van der Waals surface area contributed by atoms with Gasteiger partial charge in [0.15, 0.2) is 16.9 Å². The number of hydrogen-bond donors (Lipinski definition) is 5. The molecule has 3 saturated heterocycles. The smallest absolute Gasteiger partial charge is 0.232 e. The van der Waals surface area contributed by atoms with Gasteiger partial charge in [-0.1, -0.05) is 83.3 Å². The number of sulfonamides is 4. The van der Waals surface area contributed by atoms with Crippen LogP contribution in [0.1, 0.15) is 146 Å². The molecule has 4 aliphatic heterocycles. The zero-order chi connectivity index (χ0) is 98.5. The summed E-state index contributed by atoms with van der Waals surface area (Å²) in [6.07, 6.45) is 15.4. The number of halogens is 3. The van der Waals surface area contributed by atoms with Gasteiger partial charge in [0.1, 0.15) is 74.5 Å². The molecule has 44 heteroatoms. The van der Waals surface area contributed by atoms with Crippen molar-refractivity contribution < 1.29 is 47.9 Å². The number of nitrogen functional groups attached to an aromatic ring is 2. The minimum absolute atomic E-state index is 0.00853. The van der Waals surface area contributed by atoms with Crippen molar-refractivity contribution in [2.24, 2.45) is 4.99 Å². The molecule has 14 aromatic rings. The van der Waals surface area contributed by atoms with Crippen molar-refractivity contribution in [3.63, 3.8) is 0 Å². The summed E-state index contributed by atoms with van der Waals surface area (Å²) in [6.45, 7) is 15.6. The summed E-state index contributed by atoms with van der Waals surface area (Å²) in [5.41, 5.74) is 30.2. The monoisotopic (exact) mass is 2000 g/mol. The normalized spacial score (nSPS) is 15.4. The van der Waals surface area contributed by atoms with Crippen molar-refractivity contribution >= 4 is 188 Å². The first-order chi connectivity index (χ1) is 65.0. The van der Waals surface area contributed by atoms with Gasteiger partial charge in [-0.2, -0.15) is 25.5 Å². The van der Waals surface area contributed by atoms with Crippen LogP contribution in [0.25, 0.3) is 33.5 Å². The molecule has 7 N–H and O–H groups in total. The van der Waals surface area contributed by atoms with E-state index in [1.807, 2.05) is 149 Å². The van der Waals surface area contributed by atoms with Crippen molar-refractivity contribution in [1.29, 1.82) is 0 Å². The van der Waals surface area contributed by atoms with E-state index in [0.29, 0.717) is 133 Å². The van der Waals surface area contributed by atoms with Crippen LogP contribution in [-0.4, -0.2) is 192 Å². The number of aromatic nitrogens is 16. The highest BCUT2D eigenvalue weighted by atomic mass is 35.5. The Bertz CT molecular complexity index is 7170. The maximum Gasteiger partial charge on any atom is 0.232 e. The lowest BCUT2D eigenvalue weighted by molar-refractivity contribution is -0.0310. The van der Waals surface area contributed by atoms with Crippen LogP contribution in [0, 0.1) is 41.5 Å². The molecular weight excluding hydrogens is 1890 g/mol. The van der Waals surface area contributed by atoms with Gasteiger partial charge in [-0.15, -0.1) is 5.10 Å². The molecule has 0 radical (unpaired) electrons. The second-order valence-corrected chi connectivity index (χ2v) is 42.6. The van der Waals surface area contributed by atoms with Crippen molar-refractivity contribution in [3.05, 3.63) is 236 Å². The van der Waals surface area contributed by atoms with Gasteiger partial charge in [0, 0.05) is 84.7 Å². The fourth-order valence-corrected chi connectivity index (χ4v) is 18.2. The predicted molar refractivity (Wildman–Crippen MR) is 542 cm³/mol. The summed E-state index contributed by atoms with van der Waals surface area (Å²) in [5.74, 6) is 2.92. The van der Waals surface area contributed by atoms with E-state index in [4.69, 9.17) is 80.4 Å². The van der Waals surface area contributed by atoms with E-state index in [1.54, 1.807) is 73.8 Å². The number of aryl methyl sites for hydroxylation is 6. The number of fused-ring (bicyclic) bond motifs is 4. The number of rotatable bonds is 21. The van der Waals surface area contributed by atoms with Crippen LogP contribution in [0.4, 0.5) is 74.1 Å². The Balaban J connectivity index is 0.000000146. The van der Waals surface area contributed by atoms with Crippen LogP contribution in [-0.2, 0) is 73.6 Å². The highest BCUT2D eigenvalue weighted by Crippen LogP contribution is 2.43. The maximum absolute atomic E-state index is 12.3. The van der Waals surface area contributed by atoms with Crippen LogP contribution in [0.5, 0.6) is 0 Å². The first-order valence-electron chi connectivity index (χ1n) is 43.9. The Morgan fingerprint density at radius 1 is 0.380 bits per heavy atom. The standard InChI is InChI=1S/C26H31N7O3S.C22H24N6O2S.C20H24ClN5O3S.C12H13Cl2N3O.C8H12N2O2S.C5H7N3/c1-17-12-13-19(31-30-17)15-20-16-22(29-21-9-5-6-10-23(21)32(3)37(4,34)35)25-26(28-20)33(18(2)27-25)24-11-7-8-14-36-24;1-14-9-10-16(27-26-14)12-17-13-20(22-19(24-17)11-15(2)23-22)25-18-7-5-6-8-21(18)28(3)31(4,29)30;1-13-22-19-15(23-14-8-4-5-9-16(14)25(2)30(3,27)28)12-17(21)24-20(19)26(13)18-10-6-7-11-29-18;1-7-15-11-8(13)6-9(14)16-12(11)17(7)10-4-2-3-5-18-10;1-10(13(2,11)12)8-6-4-3-5-7(8)9;1-4-2-3-5(6)8-7-4/h5-6,9-10,12-13,16,24H,7-8,11,14-15H2,1-4H3,(H,28,29);5-10,13H,11-12H2,1-4H3,(H,24,25);4-5,8-9,12,18H,6-7,10-11H2,1-3H3,(H,23,24);6,10H,2-5H2,1H3;3-6H,9H2,1-2H3;2-3H,1H3,(H2,6,8). The number of ether oxygens (including phenoxy) is 3. The molecule has 0 aliphatic carbocycles. The number of nitrogens with one attached hydrogen (secondary N) is 3. The molecule has 3 unspecified atom stereocenters. The van der Waals surface area contributed by atoms with Crippen molar-refractivity contribution in [3.8, 4) is 0 Å². The second-order valence-electron chi connectivity index (χ2n) is 33.3.